The number of carbonyl (C=O) groups excluding carboxylic acids is 1. The van der Waals surface area contributed by atoms with Gasteiger partial charge in [0.25, 0.3) is 5.91 Å². The van der Waals surface area contributed by atoms with Crippen molar-refractivity contribution in [1.29, 1.82) is 0 Å². The van der Waals surface area contributed by atoms with Crippen molar-refractivity contribution in [1.82, 2.24) is 10.3 Å². The molecule has 0 spiro atoms. The van der Waals surface area contributed by atoms with Crippen molar-refractivity contribution in [3.05, 3.63) is 23.9 Å². The van der Waals surface area contributed by atoms with Crippen molar-refractivity contribution in [2.75, 3.05) is 13.2 Å². The van der Waals surface area contributed by atoms with Crippen molar-refractivity contribution in [3.8, 4) is 5.88 Å². The molecule has 0 aliphatic carbocycles. The van der Waals surface area contributed by atoms with Gasteiger partial charge >= 0.3 is 0 Å². The lowest BCUT2D eigenvalue weighted by molar-refractivity contribution is 0.0923. The van der Waals surface area contributed by atoms with Crippen LogP contribution < -0.4 is 10.1 Å². The molecule has 88 valence electrons. The molecule has 0 saturated heterocycles. The SMILES string of the molecule is CCOc1ccc(C(=O)NC[C@H](C)O)cn1. The molecule has 1 amide bonds. The molecule has 1 aromatic heterocycles. The lowest BCUT2D eigenvalue weighted by Gasteiger charge is -2.07. The second-order valence-corrected chi connectivity index (χ2v) is 3.38. The number of hydrogen-bond acceptors (Lipinski definition) is 4. The second kappa shape index (κ2) is 6.07. The lowest BCUT2D eigenvalue weighted by atomic mass is 10.2. The van der Waals surface area contributed by atoms with Crippen LogP contribution >= 0.6 is 0 Å². The molecule has 5 heteroatoms. The fraction of sp³-hybridized carbons (Fsp3) is 0.455. The molecular formula is C11H16N2O3. The van der Waals surface area contributed by atoms with Gasteiger partial charge in [0, 0.05) is 18.8 Å². The lowest BCUT2D eigenvalue weighted by Crippen LogP contribution is -2.30. The third kappa shape index (κ3) is 3.86. The van der Waals surface area contributed by atoms with Gasteiger partial charge in [-0.25, -0.2) is 4.98 Å². The third-order valence-corrected chi connectivity index (χ3v) is 1.85. The monoisotopic (exact) mass is 224 g/mol. The van der Waals surface area contributed by atoms with Crippen LogP contribution in [0.2, 0.25) is 0 Å². The van der Waals surface area contributed by atoms with Gasteiger partial charge in [0.1, 0.15) is 0 Å². The molecule has 5 nitrogen and oxygen atoms in total. The predicted molar refractivity (Wildman–Crippen MR) is 59.4 cm³/mol. The summed E-state index contributed by atoms with van der Waals surface area (Å²) >= 11 is 0. The average Bonchev–Trinajstić information content (AvgIpc) is 2.27. The number of pyridine rings is 1. The first-order valence-corrected chi connectivity index (χ1v) is 5.18. The van der Waals surface area contributed by atoms with E-state index in [1.165, 1.54) is 6.20 Å². The van der Waals surface area contributed by atoms with Gasteiger partial charge in [-0.1, -0.05) is 0 Å². The van der Waals surface area contributed by atoms with E-state index in [0.29, 0.717) is 18.1 Å². The fourth-order valence-electron chi connectivity index (χ4n) is 1.09. The van der Waals surface area contributed by atoms with Crippen LogP contribution in [0.15, 0.2) is 18.3 Å². The van der Waals surface area contributed by atoms with E-state index in [9.17, 15) is 4.79 Å². The Morgan fingerprint density at radius 1 is 1.62 bits per heavy atom. The molecule has 0 unspecified atom stereocenters. The van der Waals surface area contributed by atoms with Crippen LogP contribution in [-0.4, -0.2) is 35.3 Å². The molecule has 1 aromatic rings. The number of nitrogens with one attached hydrogen (secondary N) is 1. The molecule has 0 aliphatic rings. The Hall–Kier alpha value is -1.62. The first kappa shape index (κ1) is 12.4. The Labute approximate surface area is 94.5 Å². The zero-order chi connectivity index (χ0) is 12.0. The Balaban J connectivity index is 2.56. The zero-order valence-electron chi connectivity index (χ0n) is 9.43. The fourth-order valence-corrected chi connectivity index (χ4v) is 1.09. The summed E-state index contributed by atoms with van der Waals surface area (Å²) in [6, 6.07) is 3.27. The molecule has 0 fully saturated rings. The Bertz CT molecular complexity index is 336. The van der Waals surface area contributed by atoms with Gasteiger partial charge in [0.05, 0.1) is 18.3 Å². The predicted octanol–water partition coefficient (Wildman–Crippen LogP) is 0.591. The summed E-state index contributed by atoms with van der Waals surface area (Å²) in [6.45, 7) is 4.24. The highest BCUT2D eigenvalue weighted by Crippen LogP contribution is 2.07. The molecule has 1 rings (SSSR count). The van der Waals surface area contributed by atoms with Gasteiger partial charge < -0.3 is 15.2 Å². The summed E-state index contributed by atoms with van der Waals surface area (Å²) in [4.78, 5) is 15.5. The molecule has 0 aromatic carbocycles. The molecule has 0 radical (unpaired) electrons. The number of aliphatic hydroxyl groups excluding tert-OH is 1. The summed E-state index contributed by atoms with van der Waals surface area (Å²) in [7, 11) is 0. The smallest absolute Gasteiger partial charge is 0.252 e. The van der Waals surface area contributed by atoms with Gasteiger partial charge in [-0.2, -0.15) is 0 Å². The van der Waals surface area contributed by atoms with Crippen LogP contribution in [0, 0.1) is 0 Å². The maximum absolute atomic E-state index is 11.5. The summed E-state index contributed by atoms with van der Waals surface area (Å²) in [5.74, 6) is 0.242. The van der Waals surface area contributed by atoms with Crippen LogP contribution in [0.1, 0.15) is 24.2 Å². The van der Waals surface area contributed by atoms with Crippen molar-refractivity contribution in [2.24, 2.45) is 0 Å². The summed E-state index contributed by atoms with van der Waals surface area (Å²) in [5, 5.41) is 11.6. The number of amides is 1. The van der Waals surface area contributed by atoms with Crippen molar-refractivity contribution in [3.63, 3.8) is 0 Å². The van der Waals surface area contributed by atoms with Gasteiger partial charge in [-0.15, -0.1) is 0 Å². The molecular weight excluding hydrogens is 208 g/mol. The van der Waals surface area contributed by atoms with Crippen LogP contribution in [0.5, 0.6) is 5.88 Å². The maximum Gasteiger partial charge on any atom is 0.252 e. The van der Waals surface area contributed by atoms with Gasteiger partial charge in [0.15, 0.2) is 0 Å². The van der Waals surface area contributed by atoms with Crippen LogP contribution in [0.4, 0.5) is 0 Å². The summed E-state index contributed by atoms with van der Waals surface area (Å²) < 4.78 is 5.16. The molecule has 0 aliphatic heterocycles. The largest absolute Gasteiger partial charge is 0.478 e. The second-order valence-electron chi connectivity index (χ2n) is 3.38. The van der Waals surface area contributed by atoms with E-state index in [1.54, 1.807) is 19.1 Å². The van der Waals surface area contributed by atoms with Crippen molar-refractivity contribution < 1.29 is 14.6 Å². The molecule has 1 heterocycles. The maximum atomic E-state index is 11.5. The molecule has 0 bridgehead atoms. The number of carbonyl (C=O) groups is 1. The number of hydrogen-bond donors (Lipinski definition) is 2. The highest BCUT2D eigenvalue weighted by atomic mass is 16.5. The van der Waals surface area contributed by atoms with Gasteiger partial charge in [-0.05, 0) is 19.9 Å². The van der Waals surface area contributed by atoms with E-state index in [4.69, 9.17) is 9.84 Å². The number of rotatable bonds is 5. The van der Waals surface area contributed by atoms with Crippen LogP contribution in [0.25, 0.3) is 0 Å². The topological polar surface area (TPSA) is 71.5 Å². The van der Waals surface area contributed by atoms with E-state index in [1.807, 2.05) is 6.92 Å². The van der Waals surface area contributed by atoms with Crippen LogP contribution in [-0.2, 0) is 0 Å². The highest BCUT2D eigenvalue weighted by molar-refractivity contribution is 5.93. The van der Waals surface area contributed by atoms with E-state index in [-0.39, 0.29) is 12.5 Å². The zero-order valence-corrected chi connectivity index (χ0v) is 9.43. The highest BCUT2D eigenvalue weighted by Gasteiger charge is 2.06. The molecule has 1 atom stereocenters. The first-order valence-electron chi connectivity index (χ1n) is 5.18. The minimum absolute atomic E-state index is 0.228. The Morgan fingerprint density at radius 2 is 2.38 bits per heavy atom. The average molecular weight is 224 g/mol. The normalized spacial score (nSPS) is 11.9. The summed E-state index contributed by atoms with van der Waals surface area (Å²) in [5.41, 5.74) is 0.448. The number of ether oxygens (including phenoxy) is 1. The van der Waals surface area contributed by atoms with Gasteiger partial charge in [0.2, 0.25) is 5.88 Å². The molecule has 0 saturated carbocycles. The molecule has 2 N–H and O–H groups in total. The van der Waals surface area contributed by atoms with E-state index >= 15 is 0 Å². The number of aromatic nitrogens is 1. The quantitative estimate of drug-likeness (QED) is 0.768. The third-order valence-electron chi connectivity index (χ3n) is 1.85. The van der Waals surface area contributed by atoms with Crippen LogP contribution in [0.3, 0.4) is 0 Å². The Morgan fingerprint density at radius 3 is 2.88 bits per heavy atom. The van der Waals surface area contributed by atoms with E-state index in [2.05, 4.69) is 10.3 Å². The minimum atomic E-state index is -0.556. The standard InChI is InChI=1S/C11H16N2O3/c1-3-16-10-5-4-9(7-12-10)11(15)13-6-8(2)14/h4-5,7-8,14H,3,6H2,1-2H3,(H,13,15)/t8-/m0/s1. The minimum Gasteiger partial charge on any atom is -0.478 e. The molecule has 16 heavy (non-hydrogen) atoms. The number of nitrogens with zero attached hydrogens (tertiary/aromatic N) is 1. The van der Waals surface area contributed by atoms with Crippen molar-refractivity contribution >= 4 is 5.91 Å². The Kier molecular flexibility index (Phi) is 4.72. The van der Waals surface area contributed by atoms with Crippen molar-refractivity contribution in [2.45, 2.75) is 20.0 Å². The van der Waals surface area contributed by atoms with E-state index < -0.39 is 6.10 Å². The summed E-state index contributed by atoms with van der Waals surface area (Å²) in [6.07, 6.45) is 0.891. The van der Waals surface area contributed by atoms with E-state index in [0.717, 1.165) is 0 Å². The number of aliphatic hydroxyl groups is 1. The first-order chi connectivity index (χ1) is 7.63. The van der Waals surface area contributed by atoms with Gasteiger partial charge in [-0.3, -0.25) is 4.79 Å².